The van der Waals surface area contributed by atoms with Crippen LogP contribution in [-0.2, 0) is 22.6 Å². The fraction of sp³-hybridized carbons (Fsp3) is 0.182. The first-order valence-electron chi connectivity index (χ1n) is 9.35. The largest absolute Gasteiger partial charge is 0.478 e. The summed E-state index contributed by atoms with van der Waals surface area (Å²) in [5.74, 6) is -1.82. The highest BCUT2D eigenvalue weighted by molar-refractivity contribution is 8.18. The summed E-state index contributed by atoms with van der Waals surface area (Å²) < 4.78 is 0. The molecule has 2 aliphatic rings. The molecule has 152 valence electrons. The Labute approximate surface area is 177 Å². The summed E-state index contributed by atoms with van der Waals surface area (Å²) in [4.78, 5) is 51.5. The molecule has 2 aromatic rings. The van der Waals surface area contributed by atoms with Crippen molar-refractivity contribution in [3.05, 3.63) is 75.7 Å². The van der Waals surface area contributed by atoms with Gasteiger partial charge in [-0.05, 0) is 53.1 Å². The molecule has 4 rings (SSSR count). The molecule has 0 saturated carbocycles. The lowest BCUT2D eigenvalue weighted by Gasteiger charge is -2.29. The molecule has 30 heavy (non-hydrogen) atoms. The lowest BCUT2D eigenvalue weighted by Crippen LogP contribution is -2.44. The number of thioether (sulfide) groups is 1. The van der Waals surface area contributed by atoms with Crippen LogP contribution in [0.25, 0.3) is 6.08 Å². The Kier molecular flexibility index (Phi) is 5.41. The van der Waals surface area contributed by atoms with E-state index in [2.05, 4.69) is 0 Å². The van der Waals surface area contributed by atoms with Gasteiger partial charge in [-0.2, -0.15) is 0 Å². The van der Waals surface area contributed by atoms with Crippen molar-refractivity contribution in [2.45, 2.75) is 13.0 Å². The van der Waals surface area contributed by atoms with Crippen molar-refractivity contribution in [2.24, 2.45) is 0 Å². The minimum Gasteiger partial charge on any atom is -0.478 e. The van der Waals surface area contributed by atoms with Gasteiger partial charge >= 0.3 is 5.97 Å². The van der Waals surface area contributed by atoms with Crippen molar-refractivity contribution in [1.82, 2.24) is 9.80 Å². The van der Waals surface area contributed by atoms with E-state index in [4.69, 9.17) is 5.11 Å². The fourth-order valence-electron chi connectivity index (χ4n) is 3.45. The summed E-state index contributed by atoms with van der Waals surface area (Å²) in [5, 5.41) is 8.47. The molecule has 2 aliphatic heterocycles. The lowest BCUT2D eigenvalue weighted by molar-refractivity contribution is -0.136. The summed E-state index contributed by atoms with van der Waals surface area (Å²) >= 11 is 0.776. The van der Waals surface area contributed by atoms with Gasteiger partial charge in [-0.15, -0.1) is 0 Å². The predicted molar refractivity (Wildman–Crippen MR) is 112 cm³/mol. The van der Waals surface area contributed by atoms with Crippen LogP contribution in [0.4, 0.5) is 4.79 Å². The van der Waals surface area contributed by atoms with E-state index in [1.807, 2.05) is 24.3 Å². The number of amides is 3. The molecule has 0 radical (unpaired) electrons. The second-order valence-corrected chi connectivity index (χ2v) is 8.02. The molecule has 0 aromatic heterocycles. The SMILES string of the molecule is O=C(O)c1ccc(/C=C2\SC(=O)N(CC(=O)N3CCc4ccccc4C3)C2=O)cc1. The van der Waals surface area contributed by atoms with Gasteiger partial charge in [0.05, 0.1) is 10.5 Å². The summed E-state index contributed by atoms with van der Waals surface area (Å²) in [7, 11) is 0. The maximum Gasteiger partial charge on any atom is 0.335 e. The van der Waals surface area contributed by atoms with Crippen LogP contribution in [0.15, 0.2) is 53.4 Å². The number of imide groups is 1. The van der Waals surface area contributed by atoms with Crippen molar-refractivity contribution in [3.63, 3.8) is 0 Å². The van der Waals surface area contributed by atoms with E-state index in [9.17, 15) is 19.2 Å². The van der Waals surface area contributed by atoms with Gasteiger partial charge in [0.1, 0.15) is 6.54 Å². The van der Waals surface area contributed by atoms with Crippen LogP contribution in [0.2, 0.25) is 0 Å². The van der Waals surface area contributed by atoms with Crippen LogP contribution in [-0.4, -0.2) is 51.0 Å². The Morgan fingerprint density at radius 2 is 1.73 bits per heavy atom. The molecule has 0 unspecified atom stereocenters. The highest BCUT2D eigenvalue weighted by atomic mass is 32.2. The molecule has 7 nitrogen and oxygen atoms in total. The van der Waals surface area contributed by atoms with E-state index in [1.54, 1.807) is 17.0 Å². The van der Waals surface area contributed by atoms with Crippen LogP contribution in [0.5, 0.6) is 0 Å². The summed E-state index contributed by atoms with van der Waals surface area (Å²) in [6.45, 7) is 0.733. The molecular weight excluding hydrogens is 404 g/mol. The zero-order chi connectivity index (χ0) is 21.3. The summed E-state index contributed by atoms with van der Waals surface area (Å²) in [6.07, 6.45) is 2.27. The Balaban J connectivity index is 1.44. The normalized spacial score (nSPS) is 17.4. The molecule has 0 bridgehead atoms. The van der Waals surface area contributed by atoms with Crippen molar-refractivity contribution in [3.8, 4) is 0 Å². The van der Waals surface area contributed by atoms with Crippen molar-refractivity contribution in [1.29, 1.82) is 0 Å². The number of benzene rings is 2. The second kappa shape index (κ2) is 8.16. The monoisotopic (exact) mass is 422 g/mol. The molecule has 0 spiro atoms. The lowest BCUT2D eigenvalue weighted by atomic mass is 10.00. The van der Waals surface area contributed by atoms with E-state index < -0.39 is 17.1 Å². The topological polar surface area (TPSA) is 95.0 Å². The zero-order valence-electron chi connectivity index (χ0n) is 15.9. The second-order valence-electron chi connectivity index (χ2n) is 7.03. The van der Waals surface area contributed by atoms with Crippen LogP contribution in [0.3, 0.4) is 0 Å². The minimum absolute atomic E-state index is 0.133. The molecule has 2 aromatic carbocycles. The number of carboxylic acid groups (broad SMARTS) is 1. The first kappa shape index (κ1) is 19.9. The number of aromatic carboxylic acids is 1. The number of fused-ring (bicyclic) bond motifs is 1. The fourth-order valence-corrected chi connectivity index (χ4v) is 4.29. The number of hydrogen-bond donors (Lipinski definition) is 1. The van der Waals surface area contributed by atoms with Gasteiger partial charge < -0.3 is 10.0 Å². The van der Waals surface area contributed by atoms with Crippen LogP contribution >= 0.6 is 11.8 Å². The van der Waals surface area contributed by atoms with Crippen LogP contribution in [0.1, 0.15) is 27.0 Å². The first-order valence-corrected chi connectivity index (χ1v) is 10.2. The molecule has 0 aliphatic carbocycles. The third-order valence-corrected chi connectivity index (χ3v) is 6.01. The number of carbonyl (C=O) groups is 4. The third-order valence-electron chi connectivity index (χ3n) is 5.11. The van der Waals surface area contributed by atoms with E-state index >= 15 is 0 Å². The number of hydrogen-bond acceptors (Lipinski definition) is 5. The molecule has 2 heterocycles. The first-order chi connectivity index (χ1) is 14.4. The average Bonchev–Trinajstić information content (AvgIpc) is 3.01. The standard InChI is InChI=1S/C22H18N2O5S/c25-19(23-10-9-15-3-1-2-4-17(15)12-23)13-24-20(26)18(30-22(24)29)11-14-5-7-16(8-6-14)21(27)28/h1-8,11H,9-10,12-13H2,(H,27,28)/b18-11-. The number of rotatable bonds is 4. The van der Waals surface area contributed by atoms with E-state index in [0.717, 1.165) is 28.6 Å². The third kappa shape index (κ3) is 3.99. The van der Waals surface area contributed by atoms with Gasteiger partial charge in [0.2, 0.25) is 5.91 Å². The molecule has 8 heteroatoms. The minimum atomic E-state index is -1.04. The highest BCUT2D eigenvalue weighted by Gasteiger charge is 2.37. The maximum absolute atomic E-state index is 12.7. The van der Waals surface area contributed by atoms with Crippen LogP contribution in [0, 0.1) is 0 Å². The Bertz CT molecular complexity index is 1080. The molecule has 0 atom stereocenters. The van der Waals surface area contributed by atoms with Gasteiger partial charge in [-0.3, -0.25) is 19.3 Å². The van der Waals surface area contributed by atoms with Gasteiger partial charge in [0.25, 0.3) is 11.1 Å². The number of carboxylic acids is 1. The molecular formula is C22H18N2O5S. The van der Waals surface area contributed by atoms with Crippen molar-refractivity contribution >= 4 is 40.9 Å². The number of nitrogens with zero attached hydrogens (tertiary/aromatic N) is 2. The van der Waals surface area contributed by atoms with Gasteiger partial charge in [-0.1, -0.05) is 36.4 Å². The Morgan fingerprint density at radius 3 is 2.43 bits per heavy atom. The quantitative estimate of drug-likeness (QED) is 0.761. The van der Waals surface area contributed by atoms with Crippen molar-refractivity contribution in [2.75, 3.05) is 13.1 Å². The zero-order valence-corrected chi connectivity index (χ0v) is 16.7. The molecule has 1 fully saturated rings. The predicted octanol–water partition coefficient (Wildman–Crippen LogP) is 3.01. The molecule has 1 N–H and O–H groups in total. The maximum atomic E-state index is 12.7. The van der Waals surface area contributed by atoms with Gasteiger partial charge in [0.15, 0.2) is 0 Å². The van der Waals surface area contributed by atoms with Crippen LogP contribution < -0.4 is 0 Å². The summed E-state index contributed by atoms with van der Waals surface area (Å²) in [5.41, 5.74) is 3.03. The van der Waals surface area contributed by atoms with E-state index in [1.165, 1.54) is 23.8 Å². The Hall–Kier alpha value is -3.39. The van der Waals surface area contributed by atoms with E-state index in [-0.39, 0.29) is 22.9 Å². The highest BCUT2D eigenvalue weighted by Crippen LogP contribution is 2.32. The van der Waals surface area contributed by atoms with E-state index in [0.29, 0.717) is 18.7 Å². The average molecular weight is 422 g/mol. The Morgan fingerprint density at radius 1 is 1.03 bits per heavy atom. The summed E-state index contributed by atoms with van der Waals surface area (Å²) in [6, 6.07) is 13.9. The van der Waals surface area contributed by atoms with Gasteiger partial charge in [0, 0.05) is 13.1 Å². The molecule has 3 amide bonds. The van der Waals surface area contributed by atoms with Crippen molar-refractivity contribution < 1.29 is 24.3 Å². The smallest absolute Gasteiger partial charge is 0.335 e. The molecule has 1 saturated heterocycles. The van der Waals surface area contributed by atoms with Gasteiger partial charge in [-0.25, -0.2) is 4.79 Å². The number of carbonyl (C=O) groups excluding carboxylic acids is 3.